The average Bonchev–Trinajstić information content (AvgIpc) is 3.25. The summed E-state index contributed by atoms with van der Waals surface area (Å²) in [6.45, 7) is 4.24. The van der Waals surface area contributed by atoms with Gasteiger partial charge >= 0.3 is 0 Å². The van der Waals surface area contributed by atoms with Crippen LogP contribution in [0.25, 0.3) is 11.5 Å². The minimum Gasteiger partial charge on any atom is -0.419 e. The Morgan fingerprint density at radius 1 is 1.25 bits per heavy atom. The molecule has 1 unspecified atom stereocenters. The standard InChI is InChI=1S/C19H23F2N5O2/c1-11-5-9-22-14(24-12-3-6-19(20,21)7-4-12)13(11)15-25-26-17(28-15)18(2)8-10-23-16(18)27/h5,9,12H,3-4,6-8,10H2,1-2H3,(H,22,24)(H,23,27). The number of aromatic nitrogens is 3. The molecule has 4 rings (SSSR count). The van der Waals surface area contributed by atoms with Gasteiger partial charge in [0.2, 0.25) is 17.7 Å². The number of hydrogen-bond donors (Lipinski definition) is 2. The van der Waals surface area contributed by atoms with E-state index in [9.17, 15) is 13.6 Å². The van der Waals surface area contributed by atoms with Gasteiger partial charge in [0.05, 0.1) is 5.56 Å². The summed E-state index contributed by atoms with van der Waals surface area (Å²) in [6.07, 6.45) is 2.71. The predicted molar refractivity (Wildman–Crippen MR) is 98.1 cm³/mol. The Labute approximate surface area is 161 Å². The van der Waals surface area contributed by atoms with Crippen molar-refractivity contribution in [3.05, 3.63) is 23.7 Å². The molecule has 0 aromatic carbocycles. The van der Waals surface area contributed by atoms with Crippen molar-refractivity contribution in [3.63, 3.8) is 0 Å². The van der Waals surface area contributed by atoms with Gasteiger partial charge in [-0.3, -0.25) is 4.79 Å². The van der Waals surface area contributed by atoms with Gasteiger partial charge in [-0.15, -0.1) is 10.2 Å². The number of amides is 1. The molecular formula is C19H23F2N5O2. The molecule has 150 valence electrons. The normalized spacial score (nSPS) is 24.9. The van der Waals surface area contributed by atoms with Crippen LogP contribution in [0.4, 0.5) is 14.6 Å². The fraction of sp³-hybridized carbons (Fsp3) is 0.579. The summed E-state index contributed by atoms with van der Waals surface area (Å²) >= 11 is 0. The Kier molecular flexibility index (Phi) is 4.55. The zero-order valence-corrected chi connectivity index (χ0v) is 15.9. The summed E-state index contributed by atoms with van der Waals surface area (Å²) in [5.74, 6) is -1.65. The highest BCUT2D eigenvalue weighted by molar-refractivity contribution is 5.88. The third kappa shape index (κ3) is 3.33. The Morgan fingerprint density at radius 2 is 2.00 bits per heavy atom. The summed E-state index contributed by atoms with van der Waals surface area (Å²) in [7, 11) is 0. The van der Waals surface area contributed by atoms with Gasteiger partial charge in [0.15, 0.2) is 0 Å². The number of carbonyl (C=O) groups excluding carboxylic acids is 1. The highest BCUT2D eigenvalue weighted by Crippen LogP contribution is 2.37. The van der Waals surface area contributed by atoms with Crippen molar-refractivity contribution in [1.29, 1.82) is 0 Å². The van der Waals surface area contributed by atoms with E-state index in [1.54, 1.807) is 13.1 Å². The Balaban J connectivity index is 1.61. The second kappa shape index (κ2) is 6.79. The van der Waals surface area contributed by atoms with Crippen LogP contribution in [0.2, 0.25) is 0 Å². The van der Waals surface area contributed by atoms with E-state index >= 15 is 0 Å². The summed E-state index contributed by atoms with van der Waals surface area (Å²) in [6, 6.07) is 1.73. The van der Waals surface area contributed by atoms with Crippen LogP contribution in [-0.4, -0.2) is 39.6 Å². The molecule has 0 radical (unpaired) electrons. The van der Waals surface area contributed by atoms with Crippen LogP contribution >= 0.6 is 0 Å². The van der Waals surface area contributed by atoms with E-state index in [-0.39, 0.29) is 36.6 Å². The molecule has 2 aromatic heterocycles. The maximum Gasteiger partial charge on any atom is 0.251 e. The highest BCUT2D eigenvalue weighted by atomic mass is 19.3. The van der Waals surface area contributed by atoms with Crippen LogP contribution in [0.15, 0.2) is 16.7 Å². The Morgan fingerprint density at radius 3 is 2.68 bits per heavy atom. The fourth-order valence-corrected chi connectivity index (χ4v) is 3.80. The third-order valence-electron chi connectivity index (χ3n) is 5.74. The smallest absolute Gasteiger partial charge is 0.251 e. The van der Waals surface area contributed by atoms with E-state index in [0.29, 0.717) is 37.2 Å². The van der Waals surface area contributed by atoms with Gasteiger partial charge in [-0.05, 0) is 44.7 Å². The molecule has 1 aliphatic heterocycles. The number of halogens is 2. The molecule has 2 aliphatic rings. The van der Waals surface area contributed by atoms with Gasteiger partial charge in [-0.2, -0.15) is 0 Å². The lowest BCUT2D eigenvalue weighted by atomic mass is 9.89. The lowest BCUT2D eigenvalue weighted by Gasteiger charge is -2.29. The second-order valence-electron chi connectivity index (χ2n) is 7.88. The maximum absolute atomic E-state index is 13.4. The summed E-state index contributed by atoms with van der Waals surface area (Å²) < 4.78 is 32.8. The number of nitrogens with zero attached hydrogens (tertiary/aromatic N) is 3. The first kappa shape index (κ1) is 18.8. The van der Waals surface area contributed by atoms with Crippen LogP contribution in [0.5, 0.6) is 0 Å². The van der Waals surface area contributed by atoms with Crippen LogP contribution < -0.4 is 10.6 Å². The van der Waals surface area contributed by atoms with Crippen molar-refractivity contribution in [2.45, 2.75) is 63.3 Å². The van der Waals surface area contributed by atoms with Crippen LogP contribution in [0, 0.1) is 6.92 Å². The molecular weight excluding hydrogens is 368 g/mol. The van der Waals surface area contributed by atoms with Crippen molar-refractivity contribution < 1.29 is 18.0 Å². The molecule has 3 heterocycles. The molecule has 2 aromatic rings. The molecule has 1 atom stereocenters. The molecule has 2 fully saturated rings. The van der Waals surface area contributed by atoms with E-state index in [1.807, 2.05) is 13.0 Å². The number of rotatable bonds is 4. The number of aryl methyl sites for hydroxylation is 1. The largest absolute Gasteiger partial charge is 0.419 e. The molecule has 1 saturated carbocycles. The SMILES string of the molecule is Cc1ccnc(NC2CCC(F)(F)CC2)c1-c1nnc(C2(C)CCNC2=O)o1. The van der Waals surface area contributed by atoms with E-state index in [2.05, 4.69) is 25.8 Å². The topological polar surface area (TPSA) is 92.9 Å². The van der Waals surface area contributed by atoms with Crippen molar-refractivity contribution in [1.82, 2.24) is 20.5 Å². The van der Waals surface area contributed by atoms with Gasteiger partial charge in [0, 0.05) is 31.6 Å². The van der Waals surface area contributed by atoms with Crippen molar-refractivity contribution >= 4 is 11.7 Å². The molecule has 9 heteroatoms. The van der Waals surface area contributed by atoms with Crippen molar-refractivity contribution in [3.8, 4) is 11.5 Å². The van der Waals surface area contributed by atoms with Crippen LogP contribution in [0.1, 0.15) is 50.5 Å². The number of carbonyl (C=O) groups is 1. The van der Waals surface area contributed by atoms with Crippen molar-refractivity contribution in [2.75, 3.05) is 11.9 Å². The molecule has 0 spiro atoms. The van der Waals surface area contributed by atoms with Gasteiger partial charge in [-0.1, -0.05) is 0 Å². The Hall–Kier alpha value is -2.58. The highest BCUT2D eigenvalue weighted by Gasteiger charge is 2.44. The third-order valence-corrected chi connectivity index (χ3v) is 5.74. The molecule has 1 aliphatic carbocycles. The first-order valence-electron chi connectivity index (χ1n) is 9.51. The molecule has 28 heavy (non-hydrogen) atoms. The second-order valence-corrected chi connectivity index (χ2v) is 7.88. The molecule has 1 amide bonds. The zero-order chi connectivity index (χ0) is 19.9. The monoisotopic (exact) mass is 391 g/mol. The van der Waals surface area contributed by atoms with E-state index in [1.165, 1.54) is 0 Å². The van der Waals surface area contributed by atoms with Crippen LogP contribution in [0.3, 0.4) is 0 Å². The van der Waals surface area contributed by atoms with E-state index in [0.717, 1.165) is 5.56 Å². The van der Waals surface area contributed by atoms with Gasteiger partial charge in [0.1, 0.15) is 11.2 Å². The van der Waals surface area contributed by atoms with E-state index in [4.69, 9.17) is 4.42 Å². The number of nitrogens with one attached hydrogen (secondary N) is 2. The number of anilines is 1. The Bertz CT molecular complexity index is 890. The first-order chi connectivity index (χ1) is 13.3. The summed E-state index contributed by atoms with van der Waals surface area (Å²) in [5.41, 5.74) is 0.666. The lowest BCUT2D eigenvalue weighted by Crippen LogP contribution is -2.32. The minimum absolute atomic E-state index is 0.0896. The first-order valence-corrected chi connectivity index (χ1v) is 9.51. The molecule has 0 bridgehead atoms. The predicted octanol–water partition coefficient (Wildman–Crippen LogP) is 3.21. The maximum atomic E-state index is 13.4. The van der Waals surface area contributed by atoms with Crippen molar-refractivity contribution in [2.24, 2.45) is 0 Å². The summed E-state index contributed by atoms with van der Waals surface area (Å²) in [5, 5.41) is 14.3. The number of pyridine rings is 1. The molecule has 7 nitrogen and oxygen atoms in total. The number of alkyl halides is 2. The van der Waals surface area contributed by atoms with Gasteiger partial charge < -0.3 is 15.1 Å². The number of hydrogen-bond acceptors (Lipinski definition) is 6. The fourth-order valence-electron chi connectivity index (χ4n) is 3.80. The van der Waals surface area contributed by atoms with Gasteiger partial charge in [0.25, 0.3) is 5.89 Å². The summed E-state index contributed by atoms with van der Waals surface area (Å²) in [4.78, 5) is 16.5. The average molecular weight is 391 g/mol. The zero-order valence-electron chi connectivity index (χ0n) is 15.9. The quantitative estimate of drug-likeness (QED) is 0.831. The lowest BCUT2D eigenvalue weighted by molar-refractivity contribution is -0.124. The molecule has 2 N–H and O–H groups in total. The van der Waals surface area contributed by atoms with Gasteiger partial charge in [-0.25, -0.2) is 13.8 Å². The van der Waals surface area contributed by atoms with Crippen LogP contribution in [-0.2, 0) is 10.2 Å². The molecule has 1 saturated heterocycles. The minimum atomic E-state index is -2.58. The van der Waals surface area contributed by atoms with E-state index < -0.39 is 11.3 Å².